The average molecular weight is 329 g/mol. The van der Waals surface area contributed by atoms with E-state index in [9.17, 15) is 5.11 Å². The highest BCUT2D eigenvalue weighted by molar-refractivity contribution is 5.32. The first-order valence-electron chi connectivity index (χ1n) is 9.01. The Kier molecular flexibility index (Phi) is 5.93. The number of hydrogen-bond donors (Lipinski definition) is 1. The molecule has 0 saturated carbocycles. The Balaban J connectivity index is 1.83. The smallest absolute Gasteiger partial charge is 0.165 e. The maximum atomic E-state index is 9.30. The summed E-state index contributed by atoms with van der Waals surface area (Å²) in [5.41, 5.74) is 2.88. The maximum Gasteiger partial charge on any atom is 0.165 e. The molecule has 1 atom stereocenters. The standard InChI is InChI=1S/C18H27N5O/c1-2-11-23-18(19-20-21-23)14-22(12-6-13-24)17-10-5-8-15-7-3-4-9-16(15)17/h3-4,7,9,17,24H,2,5-6,8,10-14H2,1H3. The van der Waals surface area contributed by atoms with E-state index in [2.05, 4.69) is 51.6 Å². The van der Waals surface area contributed by atoms with Crippen molar-refractivity contribution < 1.29 is 5.11 Å². The Hall–Kier alpha value is -1.79. The van der Waals surface area contributed by atoms with Crippen LogP contribution in [0.2, 0.25) is 0 Å². The number of fused-ring (bicyclic) bond motifs is 1. The van der Waals surface area contributed by atoms with Crippen molar-refractivity contribution in [2.45, 2.75) is 58.2 Å². The third-order valence-electron chi connectivity index (χ3n) is 4.77. The molecule has 1 N–H and O–H groups in total. The van der Waals surface area contributed by atoms with Crippen LogP contribution in [0.1, 0.15) is 55.6 Å². The third-order valence-corrected chi connectivity index (χ3v) is 4.77. The Bertz CT molecular complexity index is 642. The van der Waals surface area contributed by atoms with Crippen molar-refractivity contribution >= 4 is 0 Å². The highest BCUT2D eigenvalue weighted by Gasteiger charge is 2.26. The van der Waals surface area contributed by atoms with Gasteiger partial charge in [0.2, 0.25) is 0 Å². The molecule has 0 saturated heterocycles. The summed E-state index contributed by atoms with van der Waals surface area (Å²) in [6.45, 7) is 4.77. The number of benzene rings is 1. The van der Waals surface area contributed by atoms with Gasteiger partial charge in [-0.1, -0.05) is 31.2 Å². The van der Waals surface area contributed by atoms with Crippen molar-refractivity contribution in [3.05, 3.63) is 41.2 Å². The fraction of sp³-hybridized carbons (Fsp3) is 0.611. The maximum absolute atomic E-state index is 9.30. The Morgan fingerprint density at radius 2 is 2.21 bits per heavy atom. The molecular weight excluding hydrogens is 302 g/mol. The van der Waals surface area contributed by atoms with E-state index < -0.39 is 0 Å². The van der Waals surface area contributed by atoms with Crippen molar-refractivity contribution in [2.75, 3.05) is 13.2 Å². The molecule has 1 aromatic heterocycles. The number of hydrogen-bond acceptors (Lipinski definition) is 5. The van der Waals surface area contributed by atoms with E-state index in [0.717, 1.165) is 51.1 Å². The number of nitrogens with zero attached hydrogens (tertiary/aromatic N) is 5. The molecule has 2 aromatic rings. The molecular formula is C18H27N5O. The van der Waals surface area contributed by atoms with Gasteiger partial charge >= 0.3 is 0 Å². The van der Waals surface area contributed by atoms with Crippen molar-refractivity contribution in [2.24, 2.45) is 0 Å². The SMILES string of the molecule is CCCn1nnnc1CN(CCCO)C1CCCc2ccccc21. The number of aryl methyl sites for hydroxylation is 2. The molecule has 1 unspecified atom stereocenters. The van der Waals surface area contributed by atoms with Crippen molar-refractivity contribution in [3.8, 4) is 0 Å². The van der Waals surface area contributed by atoms with Crippen LogP contribution in [-0.2, 0) is 19.5 Å². The van der Waals surface area contributed by atoms with E-state index in [0.29, 0.717) is 6.04 Å². The average Bonchev–Trinajstić information content (AvgIpc) is 3.05. The van der Waals surface area contributed by atoms with Crippen LogP contribution in [0.4, 0.5) is 0 Å². The number of aliphatic hydroxyl groups is 1. The molecule has 1 aromatic carbocycles. The number of tetrazole rings is 1. The van der Waals surface area contributed by atoms with E-state index in [-0.39, 0.29) is 6.61 Å². The summed E-state index contributed by atoms with van der Waals surface area (Å²) in [6, 6.07) is 9.13. The van der Waals surface area contributed by atoms with E-state index in [1.807, 2.05) is 4.68 Å². The van der Waals surface area contributed by atoms with Gasteiger partial charge in [-0.15, -0.1) is 5.10 Å². The van der Waals surface area contributed by atoms with Gasteiger partial charge in [0.15, 0.2) is 5.82 Å². The molecule has 6 nitrogen and oxygen atoms in total. The van der Waals surface area contributed by atoms with E-state index in [1.54, 1.807) is 0 Å². The summed E-state index contributed by atoms with van der Waals surface area (Å²) in [7, 11) is 0. The van der Waals surface area contributed by atoms with Crippen LogP contribution in [0.3, 0.4) is 0 Å². The second kappa shape index (κ2) is 8.35. The zero-order valence-corrected chi connectivity index (χ0v) is 14.4. The van der Waals surface area contributed by atoms with Gasteiger partial charge < -0.3 is 5.11 Å². The van der Waals surface area contributed by atoms with Crippen LogP contribution in [0.25, 0.3) is 0 Å². The molecule has 24 heavy (non-hydrogen) atoms. The van der Waals surface area contributed by atoms with Gasteiger partial charge in [0.25, 0.3) is 0 Å². The van der Waals surface area contributed by atoms with Crippen LogP contribution in [0.5, 0.6) is 0 Å². The minimum atomic E-state index is 0.213. The minimum absolute atomic E-state index is 0.213. The minimum Gasteiger partial charge on any atom is -0.396 e. The predicted molar refractivity (Wildman–Crippen MR) is 92.3 cm³/mol. The lowest BCUT2D eigenvalue weighted by atomic mass is 9.86. The summed E-state index contributed by atoms with van der Waals surface area (Å²) in [5.74, 6) is 0.915. The van der Waals surface area contributed by atoms with Gasteiger partial charge in [-0.3, -0.25) is 4.90 Å². The first-order valence-corrected chi connectivity index (χ1v) is 9.01. The number of rotatable bonds is 8. The Morgan fingerprint density at radius 1 is 1.33 bits per heavy atom. The van der Waals surface area contributed by atoms with E-state index in [4.69, 9.17) is 0 Å². The van der Waals surface area contributed by atoms with Gasteiger partial charge in [-0.25, -0.2) is 4.68 Å². The molecule has 0 spiro atoms. The summed E-state index contributed by atoms with van der Waals surface area (Å²) in [6.07, 6.45) is 5.30. The van der Waals surface area contributed by atoms with Gasteiger partial charge in [0, 0.05) is 25.7 Å². The van der Waals surface area contributed by atoms with Crippen molar-refractivity contribution in [1.29, 1.82) is 0 Å². The summed E-state index contributed by atoms with van der Waals surface area (Å²) >= 11 is 0. The van der Waals surface area contributed by atoms with Gasteiger partial charge in [0.05, 0.1) is 6.54 Å². The zero-order valence-electron chi connectivity index (χ0n) is 14.4. The van der Waals surface area contributed by atoms with E-state index in [1.165, 1.54) is 17.5 Å². The summed E-state index contributed by atoms with van der Waals surface area (Å²) in [4.78, 5) is 2.44. The topological polar surface area (TPSA) is 67.1 Å². The lowest BCUT2D eigenvalue weighted by Gasteiger charge is -2.35. The molecule has 1 aliphatic carbocycles. The molecule has 6 heteroatoms. The number of aromatic nitrogens is 4. The second-order valence-electron chi connectivity index (χ2n) is 6.47. The van der Waals surface area contributed by atoms with Crippen LogP contribution in [0, 0.1) is 0 Å². The van der Waals surface area contributed by atoms with Crippen LogP contribution in [0.15, 0.2) is 24.3 Å². The summed E-state index contributed by atoms with van der Waals surface area (Å²) < 4.78 is 1.90. The molecule has 1 aliphatic rings. The molecule has 0 radical (unpaired) electrons. The zero-order chi connectivity index (χ0) is 16.8. The molecule has 0 bridgehead atoms. The molecule has 0 aliphatic heterocycles. The lowest BCUT2D eigenvalue weighted by Crippen LogP contribution is -2.33. The fourth-order valence-corrected chi connectivity index (χ4v) is 3.63. The Morgan fingerprint density at radius 3 is 3.04 bits per heavy atom. The Labute approximate surface area is 143 Å². The normalized spacial score (nSPS) is 17.2. The molecule has 0 amide bonds. The van der Waals surface area contributed by atoms with Crippen molar-refractivity contribution in [1.82, 2.24) is 25.1 Å². The van der Waals surface area contributed by atoms with Crippen LogP contribution < -0.4 is 0 Å². The van der Waals surface area contributed by atoms with Crippen LogP contribution in [-0.4, -0.2) is 43.4 Å². The monoisotopic (exact) mass is 329 g/mol. The molecule has 130 valence electrons. The van der Waals surface area contributed by atoms with Gasteiger partial charge in [0.1, 0.15) is 0 Å². The van der Waals surface area contributed by atoms with Gasteiger partial charge in [-0.2, -0.15) is 0 Å². The first kappa shape index (κ1) is 17.0. The number of aliphatic hydroxyl groups excluding tert-OH is 1. The molecule has 3 rings (SSSR count). The second-order valence-corrected chi connectivity index (χ2v) is 6.47. The largest absolute Gasteiger partial charge is 0.396 e. The predicted octanol–water partition coefficient (Wildman–Crippen LogP) is 2.35. The molecule has 0 fully saturated rings. The highest BCUT2D eigenvalue weighted by Crippen LogP contribution is 2.34. The fourth-order valence-electron chi connectivity index (χ4n) is 3.63. The first-order chi connectivity index (χ1) is 11.8. The van der Waals surface area contributed by atoms with Crippen molar-refractivity contribution in [3.63, 3.8) is 0 Å². The third kappa shape index (κ3) is 3.82. The van der Waals surface area contributed by atoms with E-state index >= 15 is 0 Å². The van der Waals surface area contributed by atoms with Gasteiger partial charge in [-0.05, 0) is 53.7 Å². The van der Waals surface area contributed by atoms with Crippen LogP contribution >= 0.6 is 0 Å². The summed E-state index contributed by atoms with van der Waals surface area (Å²) in [5, 5.41) is 21.5. The highest BCUT2D eigenvalue weighted by atomic mass is 16.3. The molecule has 1 heterocycles. The quantitative estimate of drug-likeness (QED) is 0.805. The lowest BCUT2D eigenvalue weighted by molar-refractivity contribution is 0.146.